The van der Waals surface area contributed by atoms with Crippen molar-refractivity contribution < 1.29 is 8.42 Å². The van der Waals surface area contributed by atoms with Gasteiger partial charge in [0.2, 0.25) is 10.0 Å². The van der Waals surface area contributed by atoms with Crippen molar-refractivity contribution in [2.75, 3.05) is 45.5 Å². The van der Waals surface area contributed by atoms with Gasteiger partial charge in [-0.2, -0.15) is 0 Å². The van der Waals surface area contributed by atoms with Crippen LogP contribution in [0.2, 0.25) is 0 Å². The van der Waals surface area contributed by atoms with Crippen molar-refractivity contribution in [1.82, 2.24) is 14.5 Å². The van der Waals surface area contributed by atoms with Gasteiger partial charge in [0, 0.05) is 38.8 Å². The van der Waals surface area contributed by atoms with Gasteiger partial charge in [0.1, 0.15) is 0 Å². The summed E-state index contributed by atoms with van der Waals surface area (Å²) in [6, 6.07) is 0.601. The Hall–Kier alpha value is -0.170. The highest BCUT2D eigenvalue weighted by Crippen LogP contribution is 2.21. The normalized spacial score (nSPS) is 32.1. The Labute approximate surface area is 117 Å². The minimum absolute atomic E-state index is 0.490. The van der Waals surface area contributed by atoms with Crippen LogP contribution in [-0.2, 0) is 10.0 Å². The summed E-state index contributed by atoms with van der Waals surface area (Å²) in [5.74, 6) is 0.490. The predicted octanol–water partition coefficient (Wildman–Crippen LogP) is 0.342. The molecule has 0 aromatic heterocycles. The quantitative estimate of drug-likeness (QED) is 0.814. The summed E-state index contributed by atoms with van der Waals surface area (Å²) in [5.41, 5.74) is 0. The van der Waals surface area contributed by atoms with Crippen LogP contribution in [0.5, 0.6) is 0 Å². The molecule has 2 unspecified atom stereocenters. The van der Waals surface area contributed by atoms with Gasteiger partial charge >= 0.3 is 0 Å². The molecule has 2 aliphatic rings. The Bertz CT molecular complexity index is 385. The molecule has 0 bridgehead atoms. The Balaban J connectivity index is 1.91. The van der Waals surface area contributed by atoms with Gasteiger partial charge in [-0.05, 0) is 38.6 Å². The molecule has 2 heterocycles. The van der Waals surface area contributed by atoms with E-state index in [4.69, 9.17) is 0 Å². The zero-order chi connectivity index (χ0) is 13.9. The topological polar surface area (TPSA) is 52.6 Å². The van der Waals surface area contributed by atoms with Crippen molar-refractivity contribution in [2.45, 2.75) is 32.2 Å². The third kappa shape index (κ3) is 4.41. The second-order valence-corrected chi connectivity index (χ2v) is 7.99. The zero-order valence-corrected chi connectivity index (χ0v) is 13.0. The molecular weight excluding hydrogens is 262 g/mol. The van der Waals surface area contributed by atoms with E-state index in [9.17, 15) is 8.42 Å². The number of hydrogen-bond acceptors (Lipinski definition) is 4. The van der Waals surface area contributed by atoms with E-state index in [1.165, 1.54) is 12.7 Å². The van der Waals surface area contributed by atoms with Crippen molar-refractivity contribution in [3.05, 3.63) is 0 Å². The number of hydrogen-bond donors (Lipinski definition) is 1. The molecule has 0 aromatic rings. The Morgan fingerprint density at radius 3 is 2.74 bits per heavy atom. The number of rotatable bonds is 3. The lowest BCUT2D eigenvalue weighted by atomic mass is 9.98. The Morgan fingerprint density at radius 2 is 2.00 bits per heavy atom. The van der Waals surface area contributed by atoms with E-state index in [2.05, 4.69) is 17.1 Å². The van der Waals surface area contributed by atoms with Gasteiger partial charge in [0.05, 0.1) is 6.26 Å². The third-order valence-corrected chi connectivity index (χ3v) is 5.65. The molecule has 112 valence electrons. The van der Waals surface area contributed by atoms with Crippen molar-refractivity contribution in [1.29, 1.82) is 0 Å². The molecule has 0 aliphatic carbocycles. The molecule has 1 N–H and O–H groups in total. The second-order valence-electron chi connectivity index (χ2n) is 6.01. The van der Waals surface area contributed by atoms with E-state index in [0.717, 1.165) is 39.0 Å². The van der Waals surface area contributed by atoms with E-state index >= 15 is 0 Å². The van der Waals surface area contributed by atoms with Gasteiger partial charge < -0.3 is 5.32 Å². The standard InChI is InChI=1S/C13H27N3O2S/c1-12-5-6-14-7-9-15(12)10-13-4-3-8-16(11-13)19(2,17)18/h12-14H,3-11H2,1-2H3. The first-order valence-electron chi connectivity index (χ1n) is 7.36. The molecule has 0 radical (unpaired) electrons. The molecule has 2 rings (SSSR count). The first kappa shape index (κ1) is 15.2. The maximum absolute atomic E-state index is 11.6. The van der Waals surface area contributed by atoms with E-state index < -0.39 is 10.0 Å². The van der Waals surface area contributed by atoms with Gasteiger partial charge in [-0.25, -0.2) is 12.7 Å². The highest BCUT2D eigenvalue weighted by molar-refractivity contribution is 7.88. The number of piperidine rings is 1. The smallest absolute Gasteiger partial charge is 0.211 e. The predicted molar refractivity (Wildman–Crippen MR) is 77.7 cm³/mol. The molecule has 19 heavy (non-hydrogen) atoms. The summed E-state index contributed by atoms with van der Waals surface area (Å²) < 4.78 is 24.9. The van der Waals surface area contributed by atoms with Crippen LogP contribution in [0.15, 0.2) is 0 Å². The monoisotopic (exact) mass is 289 g/mol. The lowest BCUT2D eigenvalue weighted by Crippen LogP contribution is -2.45. The van der Waals surface area contributed by atoms with Gasteiger partial charge in [0.25, 0.3) is 0 Å². The van der Waals surface area contributed by atoms with E-state index in [-0.39, 0.29) is 0 Å². The Kier molecular flexibility index (Phi) is 5.22. The maximum Gasteiger partial charge on any atom is 0.211 e. The average Bonchev–Trinajstić information content (AvgIpc) is 2.54. The average molecular weight is 289 g/mol. The van der Waals surface area contributed by atoms with E-state index in [1.54, 1.807) is 4.31 Å². The van der Waals surface area contributed by atoms with Gasteiger partial charge in [-0.1, -0.05) is 0 Å². The molecule has 2 atom stereocenters. The van der Waals surface area contributed by atoms with E-state index in [1.807, 2.05) is 0 Å². The zero-order valence-electron chi connectivity index (χ0n) is 12.1. The highest BCUT2D eigenvalue weighted by Gasteiger charge is 2.28. The van der Waals surface area contributed by atoms with Gasteiger partial charge in [-0.3, -0.25) is 4.90 Å². The minimum atomic E-state index is -3.02. The molecule has 6 heteroatoms. The molecule has 2 saturated heterocycles. The van der Waals surface area contributed by atoms with Crippen LogP contribution in [0.25, 0.3) is 0 Å². The first-order valence-corrected chi connectivity index (χ1v) is 9.21. The van der Waals surface area contributed by atoms with Crippen LogP contribution in [0.1, 0.15) is 26.2 Å². The summed E-state index contributed by atoms with van der Waals surface area (Å²) in [7, 11) is -3.02. The van der Waals surface area contributed by atoms with Crippen LogP contribution in [0.4, 0.5) is 0 Å². The van der Waals surface area contributed by atoms with Crippen LogP contribution in [-0.4, -0.2) is 69.2 Å². The first-order chi connectivity index (χ1) is 8.97. The molecule has 0 saturated carbocycles. The van der Waals surface area contributed by atoms with Crippen molar-refractivity contribution in [3.63, 3.8) is 0 Å². The molecule has 5 nitrogen and oxygen atoms in total. The van der Waals surface area contributed by atoms with Crippen LogP contribution >= 0.6 is 0 Å². The Morgan fingerprint density at radius 1 is 1.21 bits per heavy atom. The van der Waals surface area contributed by atoms with Gasteiger partial charge in [0.15, 0.2) is 0 Å². The minimum Gasteiger partial charge on any atom is -0.315 e. The number of sulfonamides is 1. The fourth-order valence-electron chi connectivity index (χ4n) is 3.14. The molecule has 2 aliphatic heterocycles. The summed E-state index contributed by atoms with van der Waals surface area (Å²) in [6.45, 7) is 7.95. The van der Waals surface area contributed by atoms with Crippen LogP contribution in [0.3, 0.4) is 0 Å². The van der Waals surface area contributed by atoms with Crippen molar-refractivity contribution >= 4 is 10.0 Å². The molecular formula is C13H27N3O2S. The molecule has 2 fully saturated rings. The maximum atomic E-state index is 11.6. The molecule has 0 amide bonds. The summed E-state index contributed by atoms with van der Waals surface area (Å²) in [5, 5.41) is 3.43. The van der Waals surface area contributed by atoms with Crippen molar-refractivity contribution in [2.24, 2.45) is 5.92 Å². The largest absolute Gasteiger partial charge is 0.315 e. The molecule has 0 spiro atoms. The van der Waals surface area contributed by atoms with Gasteiger partial charge in [-0.15, -0.1) is 0 Å². The summed E-state index contributed by atoms with van der Waals surface area (Å²) in [6.07, 6.45) is 4.66. The van der Waals surface area contributed by atoms with Crippen LogP contribution < -0.4 is 5.32 Å². The van der Waals surface area contributed by atoms with E-state index in [0.29, 0.717) is 25.0 Å². The second kappa shape index (κ2) is 6.52. The lowest BCUT2D eigenvalue weighted by Gasteiger charge is -2.36. The lowest BCUT2D eigenvalue weighted by molar-refractivity contribution is 0.150. The third-order valence-electron chi connectivity index (χ3n) is 4.38. The summed E-state index contributed by atoms with van der Waals surface area (Å²) >= 11 is 0. The molecule has 0 aromatic carbocycles. The van der Waals surface area contributed by atoms with Crippen molar-refractivity contribution in [3.8, 4) is 0 Å². The highest BCUT2D eigenvalue weighted by atomic mass is 32.2. The number of nitrogens with one attached hydrogen (secondary N) is 1. The number of nitrogens with zero attached hydrogens (tertiary/aromatic N) is 2. The fraction of sp³-hybridized carbons (Fsp3) is 1.00. The fourth-order valence-corrected chi connectivity index (χ4v) is 4.08. The summed E-state index contributed by atoms with van der Waals surface area (Å²) in [4.78, 5) is 2.52. The SMILES string of the molecule is CC1CCNCCN1CC1CCCN(S(C)(=O)=O)C1. The van der Waals surface area contributed by atoms with Crippen LogP contribution in [0, 0.1) is 5.92 Å².